The highest BCUT2D eigenvalue weighted by molar-refractivity contribution is 7.72. The van der Waals surface area contributed by atoms with Crippen molar-refractivity contribution in [2.24, 2.45) is 0 Å². The molecule has 8 rings (SSSR count). The van der Waals surface area contributed by atoms with Gasteiger partial charge in [-0.05, 0) is 125 Å². The van der Waals surface area contributed by atoms with Gasteiger partial charge < -0.3 is 4.57 Å². The second-order valence-electron chi connectivity index (χ2n) is 14.8. The maximum absolute atomic E-state index is 11.7. The highest BCUT2D eigenvalue weighted by Crippen LogP contribution is 2.34. The second-order valence-corrected chi connectivity index (χ2v) is 17.7. The number of aromatic nitrogens is 1. The van der Waals surface area contributed by atoms with Crippen molar-refractivity contribution in [3.8, 4) is 5.69 Å². The van der Waals surface area contributed by atoms with Crippen molar-refractivity contribution in [1.82, 2.24) is 4.57 Å². The summed E-state index contributed by atoms with van der Waals surface area (Å²) in [6.07, 6.45) is 17.9. The Morgan fingerprint density at radius 1 is 0.482 bits per heavy atom. The van der Waals surface area contributed by atoms with Gasteiger partial charge >= 0.3 is 0 Å². The summed E-state index contributed by atoms with van der Waals surface area (Å²) < 4.78 is 28.4. The summed E-state index contributed by atoms with van der Waals surface area (Å²) in [6, 6.07) is 42.1. The van der Waals surface area contributed by atoms with Gasteiger partial charge in [-0.3, -0.25) is 0 Å². The smallest absolute Gasteiger partial charge is 0.168 e. The Kier molecular flexibility index (Phi) is 16.2. The third-order valence-corrected chi connectivity index (χ3v) is 13.0. The van der Waals surface area contributed by atoms with Gasteiger partial charge in [-0.15, -0.1) is 22.7 Å². The minimum Gasteiger partial charge on any atom is -0.309 e. The highest BCUT2D eigenvalue weighted by Gasteiger charge is 2.14. The molecule has 8 aromatic rings. The van der Waals surface area contributed by atoms with Crippen LogP contribution in [0.4, 0.5) is 0 Å². The van der Waals surface area contributed by atoms with Crippen LogP contribution in [0.3, 0.4) is 0 Å². The first kappa shape index (κ1) is 41.4. The average molecular weight is 800 g/mol. The van der Waals surface area contributed by atoms with Crippen LogP contribution in [0, 0.1) is 0 Å². The SMILES string of the molecule is CCCCCCCCc1ccc2c(c1)c1cc(CCCCCCCC)ccc1n2-c1cccc([SH](=O)=O)c1.c1ccc2sccc2c1.c1ccc2sccc2c1. The lowest BCUT2D eigenvalue weighted by Crippen LogP contribution is -1.95. The molecule has 0 aliphatic heterocycles. The topological polar surface area (TPSA) is 39.1 Å². The van der Waals surface area contributed by atoms with E-state index in [-0.39, 0.29) is 0 Å². The van der Waals surface area contributed by atoms with Crippen molar-refractivity contribution in [2.75, 3.05) is 0 Å². The highest BCUT2D eigenvalue weighted by atomic mass is 32.2. The maximum atomic E-state index is 11.7. The number of aryl methyl sites for hydroxylation is 2. The van der Waals surface area contributed by atoms with Crippen molar-refractivity contribution in [3.05, 3.63) is 143 Å². The molecule has 0 unspecified atom stereocenters. The van der Waals surface area contributed by atoms with Crippen LogP contribution in [0.5, 0.6) is 0 Å². The fraction of sp³-hybridized carbons (Fsp3) is 0.320. The summed E-state index contributed by atoms with van der Waals surface area (Å²) in [6.45, 7) is 4.53. The summed E-state index contributed by atoms with van der Waals surface area (Å²) >= 11 is 3.57. The van der Waals surface area contributed by atoms with Gasteiger partial charge in [0.2, 0.25) is 0 Å². The predicted octanol–water partition coefficient (Wildman–Crippen LogP) is 15.4. The summed E-state index contributed by atoms with van der Waals surface area (Å²) in [5.74, 6) is 0. The van der Waals surface area contributed by atoms with E-state index >= 15 is 0 Å². The van der Waals surface area contributed by atoms with E-state index in [9.17, 15) is 8.42 Å². The maximum Gasteiger partial charge on any atom is 0.168 e. The van der Waals surface area contributed by atoms with Crippen LogP contribution in [0.25, 0.3) is 47.7 Å². The predicted molar refractivity (Wildman–Crippen MR) is 247 cm³/mol. The normalized spacial score (nSPS) is 11.3. The molecule has 0 saturated carbocycles. The second kappa shape index (κ2) is 21.9. The lowest BCUT2D eigenvalue weighted by Gasteiger charge is -2.09. The first-order valence-corrected chi connectivity index (χ1v) is 23.6. The first-order chi connectivity index (χ1) is 27.6. The Bertz CT molecular complexity index is 2280. The number of hydrogen-bond acceptors (Lipinski definition) is 4. The molecule has 5 aromatic carbocycles. The van der Waals surface area contributed by atoms with E-state index in [0.717, 1.165) is 29.6 Å². The number of thiophene rings is 2. The molecule has 0 saturated heterocycles. The van der Waals surface area contributed by atoms with Crippen molar-refractivity contribution in [3.63, 3.8) is 0 Å². The molecule has 6 heteroatoms. The molecule has 0 N–H and O–H groups in total. The van der Waals surface area contributed by atoms with E-state index in [1.165, 1.54) is 119 Å². The lowest BCUT2D eigenvalue weighted by molar-refractivity contribution is 0.607. The Labute approximate surface area is 344 Å². The van der Waals surface area contributed by atoms with Gasteiger partial charge in [0.25, 0.3) is 0 Å². The van der Waals surface area contributed by atoms with Gasteiger partial charge in [-0.2, -0.15) is 0 Å². The molecule has 0 amide bonds. The largest absolute Gasteiger partial charge is 0.309 e. The molecule has 0 bridgehead atoms. The van der Waals surface area contributed by atoms with Crippen LogP contribution in [0.1, 0.15) is 102 Å². The van der Waals surface area contributed by atoms with Crippen LogP contribution in [-0.4, -0.2) is 13.0 Å². The van der Waals surface area contributed by atoms with Gasteiger partial charge in [0.15, 0.2) is 10.7 Å². The van der Waals surface area contributed by atoms with E-state index in [1.54, 1.807) is 34.8 Å². The Hall–Kier alpha value is -4.23. The summed E-state index contributed by atoms with van der Waals surface area (Å²) in [7, 11) is -2.62. The molecule has 0 aliphatic carbocycles. The van der Waals surface area contributed by atoms with Gasteiger partial charge in [0.1, 0.15) is 0 Å². The molecule has 0 radical (unpaired) electrons. The van der Waals surface area contributed by atoms with Crippen molar-refractivity contribution < 1.29 is 8.42 Å². The van der Waals surface area contributed by atoms with Crippen molar-refractivity contribution in [1.29, 1.82) is 0 Å². The van der Waals surface area contributed by atoms with Crippen molar-refractivity contribution in [2.45, 2.75) is 109 Å². The van der Waals surface area contributed by atoms with E-state index < -0.39 is 10.7 Å². The molecule has 0 aliphatic rings. The van der Waals surface area contributed by atoms with E-state index in [4.69, 9.17) is 0 Å². The van der Waals surface area contributed by atoms with Gasteiger partial charge in [0.05, 0.1) is 15.9 Å². The van der Waals surface area contributed by atoms with Gasteiger partial charge in [0, 0.05) is 25.9 Å². The molecule has 0 fully saturated rings. The summed E-state index contributed by atoms with van der Waals surface area (Å²) in [5, 5.41) is 9.47. The van der Waals surface area contributed by atoms with Gasteiger partial charge in [-0.1, -0.05) is 133 Å². The van der Waals surface area contributed by atoms with Crippen LogP contribution >= 0.6 is 22.7 Å². The first-order valence-electron chi connectivity index (χ1n) is 20.7. The third-order valence-electron chi connectivity index (χ3n) is 10.6. The molecule has 3 heterocycles. The van der Waals surface area contributed by atoms with E-state index in [0.29, 0.717) is 4.90 Å². The van der Waals surface area contributed by atoms with Crippen LogP contribution < -0.4 is 0 Å². The third kappa shape index (κ3) is 11.4. The molecule has 56 heavy (non-hydrogen) atoms. The van der Waals surface area contributed by atoms with E-state index in [1.807, 2.05) is 12.1 Å². The van der Waals surface area contributed by atoms with Crippen LogP contribution in [0.2, 0.25) is 0 Å². The molecule has 3 nitrogen and oxygen atoms in total. The minimum absolute atomic E-state index is 0.354. The Morgan fingerprint density at radius 3 is 1.45 bits per heavy atom. The van der Waals surface area contributed by atoms with Gasteiger partial charge in [-0.25, -0.2) is 8.42 Å². The average Bonchev–Trinajstić information content (AvgIpc) is 3.99. The molecular formula is C50H57NO2S3. The summed E-state index contributed by atoms with van der Waals surface area (Å²) in [5.41, 5.74) is 5.96. The quantitative estimate of drug-likeness (QED) is 0.0781. The lowest BCUT2D eigenvalue weighted by atomic mass is 10.0. The van der Waals surface area contributed by atoms with Crippen LogP contribution in [0.15, 0.2) is 137 Å². The van der Waals surface area contributed by atoms with E-state index in [2.05, 4.69) is 126 Å². The zero-order valence-corrected chi connectivity index (χ0v) is 35.7. The molecular weight excluding hydrogens is 743 g/mol. The number of hydrogen-bond donors (Lipinski definition) is 1. The zero-order valence-electron chi connectivity index (χ0n) is 33.1. The Morgan fingerprint density at radius 2 is 0.964 bits per heavy atom. The zero-order chi connectivity index (χ0) is 39.0. The minimum atomic E-state index is -2.62. The summed E-state index contributed by atoms with van der Waals surface area (Å²) in [4.78, 5) is 0.354. The number of unbranched alkanes of at least 4 members (excludes halogenated alkanes) is 10. The fourth-order valence-corrected chi connectivity index (χ4v) is 9.51. The fourth-order valence-electron chi connectivity index (χ4n) is 7.48. The Balaban J connectivity index is 0.000000236. The van der Waals surface area contributed by atoms with Crippen molar-refractivity contribution >= 4 is 75.4 Å². The molecule has 0 atom stereocenters. The number of fused-ring (bicyclic) bond motifs is 5. The standard InChI is InChI=1S/C34H45NO2S.2C8H6S/c1-3-5-7-9-11-13-16-27-20-22-33-31(24-27)32-25-28(17-14-12-10-8-6-4-2)21-23-34(32)35(33)29-18-15-19-30(26-29)38(36)37;2*1-2-4-8-7(3-1)5-6-9-8/h15,18-26,38H,3-14,16-17H2,1-2H3;2*1-6H. The number of benzene rings is 5. The number of thiol groups is 1. The number of rotatable bonds is 16. The van der Waals surface area contributed by atoms with Crippen LogP contribution in [-0.2, 0) is 23.5 Å². The monoisotopic (exact) mass is 799 g/mol. The molecule has 0 spiro atoms. The molecule has 292 valence electrons. The number of nitrogens with zero attached hydrogens (tertiary/aromatic N) is 1. The molecule has 3 aromatic heterocycles.